The molecule has 0 bridgehead atoms. The fourth-order valence-electron chi connectivity index (χ4n) is 7.57. The number of hydrogen-bond donors (Lipinski definition) is 0. The van der Waals surface area contributed by atoms with Gasteiger partial charge >= 0.3 is 0 Å². The first-order valence-corrected chi connectivity index (χ1v) is 23.5. The average Bonchev–Trinajstić information content (AvgIpc) is 3.65. The number of pyridine rings is 2. The molecule has 0 amide bonds. The first kappa shape index (κ1) is 40.1. The molecule has 295 valence electrons. The third-order valence-corrected chi connectivity index (χ3v) is 12.8. The zero-order chi connectivity index (χ0) is 41.1. The standard InChI is InChI=1S/C31H22NO.C23H26NSi.Ir/c1-21(22-9-4-2-5-10-22)24-17-18-32-29(19-24)28-14-8-13-27-26-16-15-25(20-30(26)33-31(27)28)23-11-6-3-7-12-23;1-17(2)21-15-22(24-16-23(21)25(3,4)5)20-13-9-12-19(14-20)18-10-7-6-8-11-18;/h2-13,15-21H,1H3;6-12,14-17H,1-5H3;/q2*-1;/i;17D;. The Morgan fingerprint density at radius 2 is 1.24 bits per heavy atom. The van der Waals surface area contributed by atoms with Crippen LogP contribution in [0.15, 0.2) is 175 Å². The fourth-order valence-corrected chi connectivity index (χ4v) is 9.15. The van der Waals surface area contributed by atoms with Crippen LogP contribution >= 0.6 is 0 Å². The minimum Gasteiger partial charge on any atom is -0.501 e. The predicted molar refractivity (Wildman–Crippen MR) is 246 cm³/mol. The van der Waals surface area contributed by atoms with Crippen molar-refractivity contribution in [1.82, 2.24) is 9.97 Å². The van der Waals surface area contributed by atoms with E-state index in [0.717, 1.165) is 61.1 Å². The SMILES string of the molecule is CC(c1ccccc1)c1ccnc(-c2[c-]ccc3c2oc2cc(-c4ccccc4)ccc23)c1.[2H]C(C)(C)c1cc(-c2[c-]ccc(-c3ccccc3)c2)ncc1[Si](C)(C)C.[Ir]. The van der Waals surface area contributed by atoms with Crippen LogP contribution < -0.4 is 5.19 Å². The van der Waals surface area contributed by atoms with E-state index in [2.05, 4.69) is 165 Å². The Bertz CT molecular complexity index is 2860. The minimum atomic E-state index is -1.57. The molecule has 9 aromatic rings. The summed E-state index contributed by atoms with van der Waals surface area (Å²) in [4.78, 5) is 9.42. The van der Waals surface area contributed by atoms with Crippen molar-refractivity contribution >= 4 is 35.2 Å². The summed E-state index contributed by atoms with van der Waals surface area (Å²) in [5.41, 5.74) is 13.6. The molecule has 0 saturated heterocycles. The molecule has 1 atom stereocenters. The van der Waals surface area contributed by atoms with Crippen molar-refractivity contribution in [2.75, 3.05) is 0 Å². The van der Waals surface area contributed by atoms with Crippen molar-refractivity contribution < 1.29 is 25.9 Å². The van der Waals surface area contributed by atoms with E-state index in [9.17, 15) is 0 Å². The van der Waals surface area contributed by atoms with Gasteiger partial charge in [-0.3, -0.25) is 0 Å². The molecule has 1 radical (unpaired) electrons. The van der Waals surface area contributed by atoms with Gasteiger partial charge in [0.15, 0.2) is 0 Å². The number of nitrogens with zero attached hydrogens (tertiary/aromatic N) is 2. The van der Waals surface area contributed by atoms with Gasteiger partial charge in [-0.1, -0.05) is 172 Å². The summed E-state index contributed by atoms with van der Waals surface area (Å²) in [5.74, 6) is -0.374. The topological polar surface area (TPSA) is 38.9 Å². The van der Waals surface area contributed by atoms with E-state index in [0.29, 0.717) is 0 Å². The molecule has 6 aromatic carbocycles. The van der Waals surface area contributed by atoms with Gasteiger partial charge in [-0.05, 0) is 62.4 Å². The van der Waals surface area contributed by atoms with Gasteiger partial charge in [0.25, 0.3) is 0 Å². The Labute approximate surface area is 365 Å². The molecule has 0 aliphatic heterocycles. The van der Waals surface area contributed by atoms with E-state index in [4.69, 9.17) is 10.8 Å². The van der Waals surface area contributed by atoms with Gasteiger partial charge in [0.2, 0.25) is 0 Å². The average molecular weight is 962 g/mol. The van der Waals surface area contributed by atoms with Crippen molar-refractivity contribution in [1.29, 1.82) is 0 Å². The van der Waals surface area contributed by atoms with Crippen molar-refractivity contribution in [3.05, 3.63) is 199 Å². The number of furan rings is 1. The molecule has 59 heavy (non-hydrogen) atoms. The molecule has 0 spiro atoms. The quantitative estimate of drug-likeness (QED) is 0.113. The van der Waals surface area contributed by atoms with Gasteiger partial charge in [0.05, 0.1) is 13.7 Å². The largest absolute Gasteiger partial charge is 0.501 e. The molecule has 0 aliphatic carbocycles. The van der Waals surface area contributed by atoms with Gasteiger partial charge in [0, 0.05) is 45.2 Å². The van der Waals surface area contributed by atoms with Crippen LogP contribution in [0.25, 0.3) is 66.7 Å². The van der Waals surface area contributed by atoms with Crippen LogP contribution in [0, 0.1) is 12.1 Å². The number of hydrogen-bond acceptors (Lipinski definition) is 3. The molecular weight excluding hydrogens is 913 g/mol. The smallest absolute Gasteiger partial charge is 0.121 e. The van der Waals surface area contributed by atoms with E-state index in [1.807, 2.05) is 62.6 Å². The third kappa shape index (κ3) is 9.14. The molecule has 0 aliphatic rings. The Balaban J connectivity index is 0.000000184. The Kier molecular flexibility index (Phi) is 12.3. The van der Waals surface area contributed by atoms with Crippen LogP contribution in [0.5, 0.6) is 0 Å². The molecule has 3 nitrogen and oxygen atoms in total. The Morgan fingerprint density at radius 3 is 1.90 bits per heavy atom. The maximum absolute atomic E-state index is 8.61. The summed E-state index contributed by atoms with van der Waals surface area (Å²) in [6, 6.07) is 61.0. The minimum absolute atomic E-state index is 0. The maximum Gasteiger partial charge on any atom is 0.121 e. The number of aromatic nitrogens is 2. The summed E-state index contributed by atoms with van der Waals surface area (Å²) in [6.07, 6.45) is 3.88. The van der Waals surface area contributed by atoms with E-state index < -0.39 is 14.0 Å². The van der Waals surface area contributed by atoms with Crippen molar-refractivity contribution in [2.45, 2.75) is 52.2 Å². The molecule has 0 saturated carbocycles. The second-order valence-electron chi connectivity index (χ2n) is 16.1. The second kappa shape index (κ2) is 18.1. The summed E-state index contributed by atoms with van der Waals surface area (Å²) in [7, 11) is -1.57. The first-order valence-electron chi connectivity index (χ1n) is 20.5. The Hall–Kier alpha value is -5.71. The predicted octanol–water partition coefficient (Wildman–Crippen LogP) is 14.1. The molecule has 3 aromatic heterocycles. The van der Waals surface area contributed by atoms with E-state index in [1.165, 1.54) is 27.4 Å². The normalized spacial score (nSPS) is 12.3. The molecule has 1 unspecified atom stereocenters. The van der Waals surface area contributed by atoms with Gasteiger partial charge in [-0.15, -0.1) is 53.6 Å². The van der Waals surface area contributed by atoms with Crippen LogP contribution in [0.3, 0.4) is 0 Å². The van der Waals surface area contributed by atoms with Crippen LogP contribution in [-0.2, 0) is 20.1 Å². The molecule has 0 N–H and O–H groups in total. The van der Waals surface area contributed by atoms with Gasteiger partial charge in [-0.2, -0.15) is 0 Å². The van der Waals surface area contributed by atoms with E-state index in [-0.39, 0.29) is 26.0 Å². The maximum atomic E-state index is 8.61. The molecule has 0 fully saturated rings. The molecular formula is C54H48IrN2OSi-2. The van der Waals surface area contributed by atoms with Crippen LogP contribution in [-0.4, -0.2) is 18.0 Å². The number of benzene rings is 6. The molecule has 5 heteroatoms. The van der Waals surface area contributed by atoms with Crippen LogP contribution in [0.1, 0.15) is 50.6 Å². The summed E-state index contributed by atoms with van der Waals surface area (Å²) in [6.45, 7) is 13.1. The third-order valence-electron chi connectivity index (χ3n) is 10.8. The second-order valence-corrected chi connectivity index (χ2v) is 21.1. The zero-order valence-electron chi connectivity index (χ0n) is 35.4. The van der Waals surface area contributed by atoms with E-state index >= 15 is 0 Å². The summed E-state index contributed by atoms with van der Waals surface area (Å²) in [5, 5.41) is 3.45. The summed E-state index contributed by atoms with van der Waals surface area (Å²) >= 11 is 0. The van der Waals surface area contributed by atoms with Crippen molar-refractivity contribution in [2.24, 2.45) is 0 Å². The van der Waals surface area contributed by atoms with Gasteiger partial charge in [-0.25, -0.2) is 0 Å². The molecule has 3 heterocycles. The fraction of sp³-hybridized carbons (Fsp3) is 0.148. The first-order chi connectivity index (χ1) is 28.4. The van der Waals surface area contributed by atoms with Gasteiger partial charge < -0.3 is 14.4 Å². The van der Waals surface area contributed by atoms with Crippen LogP contribution in [0.4, 0.5) is 0 Å². The van der Waals surface area contributed by atoms with E-state index in [1.54, 1.807) is 0 Å². The monoisotopic (exact) mass is 962 g/mol. The number of fused-ring (bicyclic) bond motifs is 3. The number of rotatable bonds is 8. The zero-order valence-corrected chi connectivity index (χ0v) is 37.8. The summed E-state index contributed by atoms with van der Waals surface area (Å²) < 4.78 is 15.0. The Morgan fingerprint density at radius 1 is 0.593 bits per heavy atom. The molecule has 9 rings (SSSR count). The van der Waals surface area contributed by atoms with Crippen LogP contribution in [0.2, 0.25) is 19.6 Å². The van der Waals surface area contributed by atoms with Crippen molar-refractivity contribution in [3.63, 3.8) is 0 Å². The van der Waals surface area contributed by atoms with Crippen molar-refractivity contribution in [3.8, 4) is 44.8 Å². The van der Waals surface area contributed by atoms with Gasteiger partial charge in [0.1, 0.15) is 5.58 Å².